The van der Waals surface area contributed by atoms with Gasteiger partial charge in [-0.2, -0.15) is 4.31 Å². The molecule has 2 aliphatic heterocycles. The fourth-order valence-electron chi connectivity index (χ4n) is 3.67. The molecule has 0 saturated carbocycles. The van der Waals surface area contributed by atoms with Crippen molar-refractivity contribution in [3.8, 4) is 5.75 Å². The molecular formula is C19H26N2O8S2. The number of sulfone groups is 1. The molecule has 10 nitrogen and oxygen atoms in total. The quantitative estimate of drug-likeness (QED) is 0.516. The van der Waals surface area contributed by atoms with Crippen LogP contribution in [0.2, 0.25) is 0 Å². The van der Waals surface area contributed by atoms with Gasteiger partial charge in [0.15, 0.2) is 16.4 Å². The average molecular weight is 475 g/mol. The maximum Gasteiger partial charge on any atom is 0.338 e. The SMILES string of the molecule is COc1ccc(C(=O)OCC(=O)N(C)[C@H]2CCS(=O)(=O)C2)cc1S(=O)(=O)N1CCCC1. The maximum absolute atomic E-state index is 12.9. The molecule has 172 valence electrons. The van der Waals surface area contributed by atoms with Gasteiger partial charge < -0.3 is 14.4 Å². The van der Waals surface area contributed by atoms with Crippen molar-refractivity contribution in [3.63, 3.8) is 0 Å². The van der Waals surface area contributed by atoms with E-state index in [1.807, 2.05) is 0 Å². The summed E-state index contributed by atoms with van der Waals surface area (Å²) < 4.78 is 60.6. The van der Waals surface area contributed by atoms with Crippen molar-refractivity contribution in [2.45, 2.75) is 30.2 Å². The zero-order valence-corrected chi connectivity index (χ0v) is 19.1. The van der Waals surface area contributed by atoms with E-state index in [-0.39, 0.29) is 27.7 Å². The lowest BCUT2D eigenvalue weighted by Gasteiger charge is -2.23. The first kappa shape index (κ1) is 23.5. The molecule has 0 radical (unpaired) electrons. The standard InChI is InChI=1S/C19H26N2O8S2/c1-20(15-7-10-30(24,25)13-15)18(22)12-29-19(23)14-5-6-16(28-2)17(11-14)31(26,27)21-8-3-4-9-21/h5-6,11,15H,3-4,7-10,12-13H2,1-2H3/t15-/m0/s1. The number of esters is 1. The van der Waals surface area contributed by atoms with Gasteiger partial charge in [-0.25, -0.2) is 21.6 Å². The normalized spacial score (nSPS) is 21.0. The Bertz CT molecular complexity index is 1060. The minimum absolute atomic E-state index is 0.0230. The van der Waals surface area contributed by atoms with E-state index >= 15 is 0 Å². The van der Waals surface area contributed by atoms with Crippen LogP contribution in [-0.4, -0.2) is 89.3 Å². The fraction of sp³-hybridized carbons (Fsp3) is 0.579. The van der Waals surface area contributed by atoms with Crippen molar-refractivity contribution in [1.29, 1.82) is 0 Å². The Morgan fingerprint density at radius 1 is 1.23 bits per heavy atom. The molecule has 2 saturated heterocycles. The van der Waals surface area contributed by atoms with Gasteiger partial charge >= 0.3 is 5.97 Å². The highest BCUT2D eigenvalue weighted by atomic mass is 32.2. The van der Waals surface area contributed by atoms with Gasteiger partial charge in [0.2, 0.25) is 10.0 Å². The molecule has 0 unspecified atom stereocenters. The van der Waals surface area contributed by atoms with Gasteiger partial charge in [-0.05, 0) is 37.5 Å². The minimum Gasteiger partial charge on any atom is -0.495 e. The molecule has 2 heterocycles. The lowest BCUT2D eigenvalue weighted by atomic mass is 10.2. The first-order valence-electron chi connectivity index (χ1n) is 9.86. The molecule has 1 atom stereocenters. The monoisotopic (exact) mass is 474 g/mol. The summed E-state index contributed by atoms with van der Waals surface area (Å²) in [5, 5.41) is 0. The van der Waals surface area contributed by atoms with Crippen molar-refractivity contribution < 1.29 is 35.9 Å². The maximum atomic E-state index is 12.9. The molecule has 2 aliphatic rings. The highest BCUT2D eigenvalue weighted by molar-refractivity contribution is 7.91. The molecule has 31 heavy (non-hydrogen) atoms. The molecule has 0 spiro atoms. The zero-order chi connectivity index (χ0) is 22.8. The first-order valence-corrected chi connectivity index (χ1v) is 13.1. The number of carbonyl (C=O) groups is 2. The van der Waals surface area contributed by atoms with Crippen LogP contribution >= 0.6 is 0 Å². The van der Waals surface area contributed by atoms with Crippen LogP contribution in [0.15, 0.2) is 23.1 Å². The van der Waals surface area contributed by atoms with E-state index < -0.39 is 44.4 Å². The van der Waals surface area contributed by atoms with Gasteiger partial charge in [0, 0.05) is 26.2 Å². The van der Waals surface area contributed by atoms with Gasteiger partial charge in [0.1, 0.15) is 10.6 Å². The Labute approximate surface area is 182 Å². The molecule has 1 aromatic carbocycles. The van der Waals surface area contributed by atoms with E-state index in [0.717, 1.165) is 12.8 Å². The van der Waals surface area contributed by atoms with E-state index in [9.17, 15) is 26.4 Å². The molecule has 2 fully saturated rings. The number of hydrogen-bond acceptors (Lipinski definition) is 8. The van der Waals surface area contributed by atoms with E-state index in [1.54, 1.807) is 0 Å². The Balaban J connectivity index is 1.70. The van der Waals surface area contributed by atoms with Crippen LogP contribution in [-0.2, 0) is 29.4 Å². The Hall–Kier alpha value is -2.18. The molecular weight excluding hydrogens is 448 g/mol. The number of benzene rings is 1. The van der Waals surface area contributed by atoms with Crippen LogP contribution in [0.1, 0.15) is 29.6 Å². The zero-order valence-electron chi connectivity index (χ0n) is 17.4. The van der Waals surface area contributed by atoms with E-state index in [0.29, 0.717) is 19.5 Å². The fourth-order valence-corrected chi connectivity index (χ4v) is 7.14. The van der Waals surface area contributed by atoms with Crippen LogP contribution in [0.3, 0.4) is 0 Å². The summed E-state index contributed by atoms with van der Waals surface area (Å²) in [6.45, 7) is 0.224. The number of sulfonamides is 1. The lowest BCUT2D eigenvalue weighted by Crippen LogP contribution is -2.40. The van der Waals surface area contributed by atoms with Crippen molar-refractivity contribution in [2.75, 3.05) is 45.4 Å². The Kier molecular flexibility index (Phi) is 6.92. The molecule has 0 aliphatic carbocycles. The number of methoxy groups -OCH3 is 1. The van der Waals surface area contributed by atoms with E-state index in [1.165, 1.54) is 41.6 Å². The summed E-state index contributed by atoms with van der Waals surface area (Å²) in [4.78, 5) is 25.9. The van der Waals surface area contributed by atoms with Crippen molar-refractivity contribution in [2.24, 2.45) is 0 Å². The van der Waals surface area contributed by atoms with Gasteiger partial charge in [0.05, 0.1) is 24.2 Å². The molecule has 0 N–H and O–H groups in total. The van der Waals surface area contributed by atoms with Crippen LogP contribution in [0.25, 0.3) is 0 Å². The van der Waals surface area contributed by atoms with Crippen molar-refractivity contribution in [1.82, 2.24) is 9.21 Å². The molecule has 0 bridgehead atoms. The summed E-state index contributed by atoms with van der Waals surface area (Å²) >= 11 is 0. The number of likely N-dealkylation sites (N-methyl/N-ethyl adjacent to an activating group) is 1. The van der Waals surface area contributed by atoms with Crippen molar-refractivity contribution in [3.05, 3.63) is 23.8 Å². The first-order chi connectivity index (χ1) is 14.5. The number of amides is 1. The minimum atomic E-state index is -3.84. The molecule has 0 aromatic heterocycles. The third-order valence-electron chi connectivity index (χ3n) is 5.56. The summed E-state index contributed by atoms with van der Waals surface area (Å²) in [6.07, 6.45) is 1.87. The number of rotatable bonds is 7. The second kappa shape index (κ2) is 9.13. The second-order valence-electron chi connectivity index (χ2n) is 7.61. The molecule has 1 aromatic rings. The van der Waals surface area contributed by atoms with Gasteiger partial charge in [0.25, 0.3) is 5.91 Å². The number of hydrogen-bond donors (Lipinski definition) is 0. The van der Waals surface area contributed by atoms with Gasteiger partial charge in [-0.1, -0.05) is 0 Å². The summed E-state index contributed by atoms with van der Waals surface area (Å²) in [6, 6.07) is 3.47. The largest absolute Gasteiger partial charge is 0.495 e. The van der Waals surface area contributed by atoms with E-state index in [2.05, 4.69) is 0 Å². The molecule has 12 heteroatoms. The van der Waals surface area contributed by atoms with Gasteiger partial charge in [-0.15, -0.1) is 0 Å². The highest BCUT2D eigenvalue weighted by Crippen LogP contribution is 2.30. The Morgan fingerprint density at radius 3 is 2.48 bits per heavy atom. The van der Waals surface area contributed by atoms with E-state index in [4.69, 9.17) is 9.47 Å². The predicted molar refractivity (Wildman–Crippen MR) is 111 cm³/mol. The Morgan fingerprint density at radius 2 is 1.90 bits per heavy atom. The third kappa shape index (κ3) is 5.18. The predicted octanol–water partition coefficient (Wildman–Crippen LogP) is 0.282. The van der Waals surface area contributed by atoms with Crippen LogP contribution < -0.4 is 4.74 Å². The van der Waals surface area contributed by atoms with Crippen LogP contribution in [0.4, 0.5) is 0 Å². The van der Waals surface area contributed by atoms with Crippen LogP contribution in [0, 0.1) is 0 Å². The smallest absolute Gasteiger partial charge is 0.338 e. The number of nitrogens with zero attached hydrogens (tertiary/aromatic N) is 2. The average Bonchev–Trinajstić information content (AvgIpc) is 3.40. The molecule has 3 rings (SSSR count). The summed E-state index contributed by atoms with van der Waals surface area (Å²) in [7, 11) is -4.18. The summed E-state index contributed by atoms with van der Waals surface area (Å²) in [5.74, 6) is -1.37. The van der Waals surface area contributed by atoms with Crippen molar-refractivity contribution >= 4 is 31.7 Å². The number of carbonyl (C=O) groups excluding carboxylic acids is 2. The van der Waals surface area contributed by atoms with Gasteiger partial charge in [-0.3, -0.25) is 4.79 Å². The summed E-state index contributed by atoms with van der Waals surface area (Å²) in [5.41, 5.74) is -0.0301. The second-order valence-corrected chi connectivity index (χ2v) is 11.7. The number of ether oxygens (including phenoxy) is 2. The topological polar surface area (TPSA) is 127 Å². The van der Waals surface area contributed by atoms with Crippen LogP contribution in [0.5, 0.6) is 5.75 Å². The third-order valence-corrected chi connectivity index (χ3v) is 9.23. The lowest BCUT2D eigenvalue weighted by molar-refractivity contribution is -0.134. The molecule has 1 amide bonds. The highest BCUT2D eigenvalue weighted by Gasteiger charge is 2.33.